The molecule has 1 aromatic heterocycles. The highest BCUT2D eigenvalue weighted by Gasteiger charge is 2.12. The SMILES string of the molecule is CCCCOc1cccc(C(=O)NC(=S)Nc2ccc(Cl)c(-c3ccc(CO)o3)c2)c1. The van der Waals surface area contributed by atoms with Crippen LogP contribution >= 0.6 is 23.8 Å². The Bertz CT molecular complexity index is 1070. The molecule has 3 rings (SSSR count). The number of benzene rings is 2. The highest BCUT2D eigenvalue weighted by atomic mass is 35.5. The molecule has 0 aliphatic heterocycles. The number of carbonyl (C=O) groups excluding carboxylic acids is 1. The lowest BCUT2D eigenvalue weighted by Gasteiger charge is -2.12. The topological polar surface area (TPSA) is 83.7 Å². The van der Waals surface area contributed by atoms with E-state index in [1.54, 1.807) is 48.5 Å². The van der Waals surface area contributed by atoms with Crippen LogP contribution in [0.4, 0.5) is 5.69 Å². The number of hydrogen-bond donors (Lipinski definition) is 3. The fourth-order valence-electron chi connectivity index (χ4n) is 2.80. The quantitative estimate of drug-likeness (QED) is 0.309. The first kappa shape index (κ1) is 22.8. The van der Waals surface area contributed by atoms with Crippen molar-refractivity contribution in [1.29, 1.82) is 0 Å². The predicted octanol–water partition coefficient (Wildman–Crippen LogP) is 5.40. The molecule has 0 radical (unpaired) electrons. The Labute approximate surface area is 191 Å². The van der Waals surface area contributed by atoms with Gasteiger partial charge in [-0.15, -0.1) is 0 Å². The Morgan fingerprint density at radius 1 is 1.19 bits per heavy atom. The zero-order chi connectivity index (χ0) is 22.2. The number of rotatable bonds is 8. The van der Waals surface area contributed by atoms with E-state index in [4.69, 9.17) is 33.0 Å². The molecule has 0 aliphatic carbocycles. The van der Waals surface area contributed by atoms with E-state index in [1.807, 2.05) is 6.07 Å². The molecule has 31 heavy (non-hydrogen) atoms. The molecule has 1 amide bonds. The van der Waals surface area contributed by atoms with Crippen LogP contribution in [0.2, 0.25) is 5.02 Å². The zero-order valence-electron chi connectivity index (χ0n) is 17.0. The first-order valence-corrected chi connectivity index (χ1v) is 10.6. The van der Waals surface area contributed by atoms with Gasteiger partial charge in [0.05, 0.1) is 11.6 Å². The van der Waals surface area contributed by atoms with E-state index in [0.717, 1.165) is 12.8 Å². The van der Waals surface area contributed by atoms with Gasteiger partial charge in [0.1, 0.15) is 23.9 Å². The Balaban J connectivity index is 1.65. The molecule has 3 N–H and O–H groups in total. The monoisotopic (exact) mass is 458 g/mol. The number of aliphatic hydroxyl groups excluding tert-OH is 1. The summed E-state index contributed by atoms with van der Waals surface area (Å²) in [6, 6.07) is 15.6. The van der Waals surface area contributed by atoms with Crippen molar-refractivity contribution in [1.82, 2.24) is 5.32 Å². The van der Waals surface area contributed by atoms with Gasteiger partial charge >= 0.3 is 0 Å². The lowest BCUT2D eigenvalue weighted by atomic mass is 10.1. The fourth-order valence-corrected chi connectivity index (χ4v) is 3.22. The third-order valence-electron chi connectivity index (χ3n) is 4.40. The van der Waals surface area contributed by atoms with Crippen LogP contribution in [0.5, 0.6) is 5.75 Å². The summed E-state index contributed by atoms with van der Waals surface area (Å²) < 4.78 is 11.2. The van der Waals surface area contributed by atoms with Gasteiger partial charge in [0.15, 0.2) is 5.11 Å². The Morgan fingerprint density at radius 2 is 2.03 bits per heavy atom. The number of carbonyl (C=O) groups is 1. The number of furan rings is 1. The van der Waals surface area contributed by atoms with Crippen LogP contribution in [0.1, 0.15) is 35.9 Å². The molecule has 6 nitrogen and oxygen atoms in total. The summed E-state index contributed by atoms with van der Waals surface area (Å²) in [4.78, 5) is 12.6. The van der Waals surface area contributed by atoms with Gasteiger partial charge in [-0.3, -0.25) is 10.1 Å². The van der Waals surface area contributed by atoms with Crippen molar-refractivity contribution >= 4 is 40.5 Å². The fraction of sp³-hybridized carbons (Fsp3) is 0.217. The maximum atomic E-state index is 12.6. The van der Waals surface area contributed by atoms with Crippen molar-refractivity contribution in [3.63, 3.8) is 0 Å². The van der Waals surface area contributed by atoms with E-state index in [-0.39, 0.29) is 17.6 Å². The number of nitrogens with one attached hydrogen (secondary N) is 2. The van der Waals surface area contributed by atoms with Crippen LogP contribution in [-0.4, -0.2) is 22.7 Å². The van der Waals surface area contributed by atoms with Crippen molar-refractivity contribution in [2.75, 3.05) is 11.9 Å². The molecule has 0 spiro atoms. The van der Waals surface area contributed by atoms with E-state index in [2.05, 4.69) is 17.6 Å². The number of halogens is 1. The predicted molar refractivity (Wildman–Crippen MR) is 126 cm³/mol. The molecule has 0 bridgehead atoms. The minimum Gasteiger partial charge on any atom is -0.494 e. The molecule has 1 heterocycles. The van der Waals surface area contributed by atoms with Gasteiger partial charge in [-0.25, -0.2) is 0 Å². The minimum absolute atomic E-state index is 0.145. The highest BCUT2D eigenvalue weighted by Crippen LogP contribution is 2.32. The summed E-state index contributed by atoms with van der Waals surface area (Å²) in [5.74, 6) is 1.26. The average Bonchev–Trinajstić information content (AvgIpc) is 3.24. The molecule has 0 atom stereocenters. The van der Waals surface area contributed by atoms with Gasteiger partial charge in [-0.1, -0.05) is 31.0 Å². The van der Waals surface area contributed by atoms with Crippen LogP contribution in [-0.2, 0) is 6.61 Å². The van der Waals surface area contributed by atoms with Crippen LogP contribution in [0.15, 0.2) is 59.0 Å². The summed E-state index contributed by atoms with van der Waals surface area (Å²) in [6.07, 6.45) is 1.99. The number of amides is 1. The Kier molecular flexibility index (Phi) is 8.06. The van der Waals surface area contributed by atoms with Crippen LogP contribution in [0.25, 0.3) is 11.3 Å². The van der Waals surface area contributed by atoms with E-state index >= 15 is 0 Å². The molecule has 2 aromatic carbocycles. The molecule has 0 fully saturated rings. The molecular weight excluding hydrogens is 436 g/mol. The van der Waals surface area contributed by atoms with E-state index in [0.29, 0.717) is 45.7 Å². The lowest BCUT2D eigenvalue weighted by Crippen LogP contribution is -2.34. The number of aliphatic hydroxyl groups is 1. The van der Waals surface area contributed by atoms with Crippen LogP contribution in [0.3, 0.4) is 0 Å². The van der Waals surface area contributed by atoms with Gasteiger partial charge in [-0.2, -0.15) is 0 Å². The van der Waals surface area contributed by atoms with Gasteiger partial charge < -0.3 is 19.6 Å². The number of ether oxygens (including phenoxy) is 1. The third-order valence-corrected chi connectivity index (χ3v) is 4.93. The number of hydrogen-bond acceptors (Lipinski definition) is 5. The van der Waals surface area contributed by atoms with Crippen molar-refractivity contribution in [2.24, 2.45) is 0 Å². The second-order valence-electron chi connectivity index (χ2n) is 6.76. The van der Waals surface area contributed by atoms with E-state index in [9.17, 15) is 9.90 Å². The first-order chi connectivity index (χ1) is 15.0. The van der Waals surface area contributed by atoms with Gasteiger partial charge in [0, 0.05) is 16.8 Å². The summed E-state index contributed by atoms with van der Waals surface area (Å²) in [7, 11) is 0. The summed E-state index contributed by atoms with van der Waals surface area (Å²) >= 11 is 11.6. The molecule has 3 aromatic rings. The smallest absolute Gasteiger partial charge is 0.257 e. The van der Waals surface area contributed by atoms with E-state index < -0.39 is 0 Å². The van der Waals surface area contributed by atoms with Gasteiger partial charge in [0.25, 0.3) is 5.91 Å². The van der Waals surface area contributed by atoms with E-state index in [1.165, 1.54) is 0 Å². The molecular formula is C23H23ClN2O4S. The lowest BCUT2D eigenvalue weighted by molar-refractivity contribution is 0.0977. The van der Waals surface area contributed by atoms with Crippen molar-refractivity contribution < 1.29 is 19.1 Å². The summed E-state index contributed by atoms with van der Waals surface area (Å²) in [5, 5.41) is 15.5. The molecule has 0 unspecified atom stereocenters. The minimum atomic E-state index is -0.341. The average molecular weight is 459 g/mol. The molecule has 8 heteroatoms. The largest absolute Gasteiger partial charge is 0.494 e. The van der Waals surface area contributed by atoms with Gasteiger partial charge in [0.2, 0.25) is 0 Å². The van der Waals surface area contributed by atoms with Crippen LogP contribution < -0.4 is 15.4 Å². The third kappa shape index (κ3) is 6.30. The Hall–Kier alpha value is -2.87. The zero-order valence-corrected chi connectivity index (χ0v) is 18.6. The van der Waals surface area contributed by atoms with Crippen molar-refractivity contribution in [3.8, 4) is 17.1 Å². The highest BCUT2D eigenvalue weighted by molar-refractivity contribution is 7.80. The van der Waals surface area contributed by atoms with Gasteiger partial charge in [-0.05, 0) is 67.2 Å². The standard InChI is InChI=1S/C23H23ClN2O4S/c1-2-3-11-29-17-6-4-5-15(12-17)22(28)26-23(31)25-16-7-9-20(24)19(13-16)21-10-8-18(14-27)30-21/h4-10,12-13,27H,2-3,11,14H2,1H3,(H2,25,26,28,31). The normalized spacial score (nSPS) is 10.5. The van der Waals surface area contributed by atoms with Crippen LogP contribution in [0, 0.1) is 0 Å². The maximum Gasteiger partial charge on any atom is 0.257 e. The number of anilines is 1. The molecule has 0 aliphatic rings. The second-order valence-corrected chi connectivity index (χ2v) is 7.57. The Morgan fingerprint density at radius 3 is 2.77 bits per heavy atom. The molecule has 0 saturated carbocycles. The number of unbranched alkanes of at least 4 members (excludes halogenated alkanes) is 1. The first-order valence-electron chi connectivity index (χ1n) is 9.85. The molecule has 0 saturated heterocycles. The summed E-state index contributed by atoms with van der Waals surface area (Å²) in [6.45, 7) is 2.50. The molecule has 162 valence electrons. The maximum absolute atomic E-state index is 12.6. The summed E-state index contributed by atoms with van der Waals surface area (Å²) in [5.41, 5.74) is 1.71. The number of thiocarbonyl (C=S) groups is 1. The second kappa shape index (κ2) is 10.9. The van der Waals surface area contributed by atoms with Crippen molar-refractivity contribution in [2.45, 2.75) is 26.4 Å². The van der Waals surface area contributed by atoms with Crippen molar-refractivity contribution in [3.05, 3.63) is 70.9 Å².